The van der Waals surface area contributed by atoms with Crippen LogP contribution in [0.25, 0.3) is 0 Å². The van der Waals surface area contributed by atoms with Crippen molar-refractivity contribution in [3.05, 3.63) is 148 Å². The van der Waals surface area contributed by atoms with Crippen molar-refractivity contribution in [2.24, 2.45) is 0 Å². The highest BCUT2D eigenvalue weighted by atomic mass is 32.2. The Kier molecular flexibility index (Phi) is 11.0. The lowest BCUT2D eigenvalue weighted by Crippen LogP contribution is -2.37. The van der Waals surface area contributed by atoms with Gasteiger partial charge in [0.2, 0.25) is 11.8 Å². The molecule has 41 heavy (non-hydrogen) atoms. The number of nitro benzene ring substituents is 1. The van der Waals surface area contributed by atoms with E-state index in [1.807, 2.05) is 54.6 Å². The number of benzene rings is 4. The predicted molar refractivity (Wildman–Crippen MR) is 167 cm³/mol. The van der Waals surface area contributed by atoms with Gasteiger partial charge in [-0.05, 0) is 22.3 Å². The maximum atomic E-state index is 12.9. The number of amides is 2. The fourth-order valence-corrected chi connectivity index (χ4v) is 6.60. The summed E-state index contributed by atoms with van der Waals surface area (Å²) in [7, 11) is 0. The van der Waals surface area contributed by atoms with Crippen molar-refractivity contribution in [1.29, 1.82) is 0 Å². The summed E-state index contributed by atoms with van der Waals surface area (Å²) in [5, 5.41) is 16.5. The summed E-state index contributed by atoms with van der Waals surface area (Å²) in [6.45, 7) is 0.654. The van der Waals surface area contributed by atoms with Crippen molar-refractivity contribution in [1.82, 2.24) is 10.6 Å². The highest BCUT2D eigenvalue weighted by Gasteiger charge is 2.37. The van der Waals surface area contributed by atoms with E-state index in [1.54, 1.807) is 23.9 Å². The first kappa shape index (κ1) is 29.9. The van der Waals surface area contributed by atoms with E-state index in [0.717, 1.165) is 22.3 Å². The minimum atomic E-state index is -0.573. The number of rotatable bonds is 14. The van der Waals surface area contributed by atoms with Crippen LogP contribution >= 0.6 is 23.5 Å². The topological polar surface area (TPSA) is 101 Å². The van der Waals surface area contributed by atoms with Gasteiger partial charge in [0.05, 0.1) is 21.2 Å². The Labute approximate surface area is 248 Å². The molecule has 7 nitrogen and oxygen atoms in total. The molecule has 0 saturated carbocycles. The predicted octanol–water partition coefficient (Wildman–Crippen LogP) is 5.79. The van der Waals surface area contributed by atoms with Crippen LogP contribution in [0.15, 0.2) is 115 Å². The van der Waals surface area contributed by atoms with Crippen molar-refractivity contribution in [2.75, 3.05) is 24.6 Å². The molecule has 0 aromatic heterocycles. The van der Waals surface area contributed by atoms with Gasteiger partial charge >= 0.3 is 0 Å². The van der Waals surface area contributed by atoms with Crippen LogP contribution < -0.4 is 10.6 Å². The van der Waals surface area contributed by atoms with E-state index < -0.39 is 9.67 Å². The molecule has 0 atom stereocenters. The molecule has 0 unspecified atom stereocenters. The Morgan fingerprint density at radius 1 is 0.659 bits per heavy atom. The maximum absolute atomic E-state index is 12.9. The lowest BCUT2D eigenvalue weighted by Gasteiger charge is -2.35. The van der Waals surface area contributed by atoms with E-state index >= 15 is 0 Å². The van der Waals surface area contributed by atoms with Crippen LogP contribution in [0.1, 0.15) is 22.3 Å². The molecule has 4 rings (SSSR count). The van der Waals surface area contributed by atoms with Crippen molar-refractivity contribution in [3.63, 3.8) is 0 Å². The highest BCUT2D eigenvalue weighted by molar-refractivity contribution is 8.01. The number of non-ortho nitro benzene ring substituents is 1. The Morgan fingerprint density at radius 3 is 1.54 bits per heavy atom. The Hall–Kier alpha value is -4.08. The second-order valence-corrected chi connectivity index (χ2v) is 11.4. The highest BCUT2D eigenvalue weighted by Crippen LogP contribution is 2.48. The number of carbonyl (C=O) groups excluding carboxylic acids is 2. The molecule has 0 saturated heterocycles. The lowest BCUT2D eigenvalue weighted by atomic mass is 9.84. The minimum Gasteiger partial charge on any atom is -0.354 e. The van der Waals surface area contributed by atoms with Gasteiger partial charge in [-0.15, -0.1) is 23.5 Å². The molecule has 2 N–H and O–H groups in total. The largest absolute Gasteiger partial charge is 0.354 e. The van der Waals surface area contributed by atoms with Crippen molar-refractivity contribution < 1.29 is 14.5 Å². The molecule has 0 aliphatic rings. The molecule has 2 amide bonds. The Bertz CT molecular complexity index is 1320. The summed E-state index contributed by atoms with van der Waals surface area (Å²) >= 11 is 3.00. The summed E-state index contributed by atoms with van der Waals surface area (Å²) in [4.78, 5) is 35.5. The van der Waals surface area contributed by atoms with Crippen LogP contribution in [0, 0.1) is 10.1 Å². The zero-order valence-corrected chi connectivity index (χ0v) is 24.0. The quantitative estimate of drug-likeness (QED) is 0.0842. The van der Waals surface area contributed by atoms with E-state index in [2.05, 4.69) is 47.0 Å². The van der Waals surface area contributed by atoms with Gasteiger partial charge in [0.25, 0.3) is 5.69 Å². The molecule has 0 bridgehead atoms. The Balaban J connectivity index is 1.29. The van der Waals surface area contributed by atoms with Gasteiger partial charge in [-0.2, -0.15) is 0 Å². The molecule has 4 aromatic rings. The third-order valence-corrected chi connectivity index (χ3v) is 8.93. The summed E-state index contributed by atoms with van der Waals surface area (Å²) in [6.07, 6.45) is 0. The number of hydrogen-bond acceptors (Lipinski definition) is 6. The number of nitro groups is 1. The third kappa shape index (κ3) is 8.22. The number of nitrogens with zero attached hydrogens (tertiary/aromatic N) is 1. The molecule has 0 radical (unpaired) electrons. The molecule has 0 aliphatic heterocycles. The van der Waals surface area contributed by atoms with Crippen molar-refractivity contribution in [3.8, 4) is 0 Å². The van der Waals surface area contributed by atoms with Crippen LogP contribution in [-0.2, 0) is 20.1 Å². The van der Waals surface area contributed by atoms with Gasteiger partial charge in [0.15, 0.2) is 0 Å². The Morgan fingerprint density at radius 2 is 1.10 bits per heavy atom. The van der Waals surface area contributed by atoms with Gasteiger partial charge in [-0.1, -0.05) is 103 Å². The van der Waals surface area contributed by atoms with Crippen LogP contribution in [-0.4, -0.2) is 41.3 Å². The lowest BCUT2D eigenvalue weighted by molar-refractivity contribution is -0.384. The van der Waals surface area contributed by atoms with Crippen molar-refractivity contribution >= 4 is 41.0 Å². The second-order valence-electron chi connectivity index (χ2n) is 9.18. The molecule has 4 aromatic carbocycles. The molecule has 0 aliphatic carbocycles. The monoisotopic (exact) mass is 585 g/mol. The first-order chi connectivity index (χ1) is 20.0. The first-order valence-electron chi connectivity index (χ1n) is 13.1. The summed E-state index contributed by atoms with van der Waals surface area (Å²) < 4.78 is -0.573. The molecular weight excluding hydrogens is 555 g/mol. The molecular formula is C32H31N3O4S2. The van der Waals surface area contributed by atoms with Crippen LogP contribution in [0.5, 0.6) is 0 Å². The summed E-state index contributed by atoms with van der Waals surface area (Å²) in [5.41, 5.74) is 4.23. The van der Waals surface area contributed by atoms with E-state index in [0.29, 0.717) is 18.8 Å². The van der Waals surface area contributed by atoms with E-state index in [-0.39, 0.29) is 29.0 Å². The van der Waals surface area contributed by atoms with Gasteiger partial charge in [0, 0.05) is 31.0 Å². The number of thioether (sulfide) groups is 2. The normalized spacial score (nSPS) is 11.0. The zero-order chi connectivity index (χ0) is 28.9. The van der Waals surface area contributed by atoms with Gasteiger partial charge < -0.3 is 10.6 Å². The average Bonchev–Trinajstić information content (AvgIpc) is 3.01. The summed E-state index contributed by atoms with van der Waals surface area (Å²) in [6, 6.07) is 37.0. The van der Waals surface area contributed by atoms with Gasteiger partial charge in [-0.3, -0.25) is 19.7 Å². The zero-order valence-electron chi connectivity index (χ0n) is 22.4. The fraction of sp³-hybridized carbons (Fsp3) is 0.188. The van der Waals surface area contributed by atoms with Crippen LogP contribution in [0.4, 0.5) is 5.69 Å². The molecule has 0 spiro atoms. The van der Waals surface area contributed by atoms with E-state index in [4.69, 9.17) is 0 Å². The second kappa shape index (κ2) is 15.1. The molecule has 0 heterocycles. The smallest absolute Gasteiger partial charge is 0.269 e. The van der Waals surface area contributed by atoms with Gasteiger partial charge in [0.1, 0.15) is 0 Å². The SMILES string of the molecule is O=C(CSCc1ccc([N+](=O)[O-])cc1)NCCNC(=O)CSC(c1ccccc1)(c1ccccc1)c1ccccc1. The number of carbonyl (C=O) groups is 2. The number of hydrogen-bond donors (Lipinski definition) is 2. The number of nitrogens with one attached hydrogen (secondary N) is 2. The molecule has 210 valence electrons. The first-order valence-corrected chi connectivity index (χ1v) is 15.3. The summed E-state index contributed by atoms with van der Waals surface area (Å²) in [5.74, 6) is 0.832. The van der Waals surface area contributed by atoms with E-state index in [9.17, 15) is 19.7 Å². The molecule has 9 heteroatoms. The molecule has 0 fully saturated rings. The third-order valence-electron chi connectivity index (χ3n) is 6.38. The van der Waals surface area contributed by atoms with Crippen LogP contribution in [0.3, 0.4) is 0 Å². The van der Waals surface area contributed by atoms with Crippen molar-refractivity contribution in [2.45, 2.75) is 10.5 Å². The van der Waals surface area contributed by atoms with Gasteiger partial charge in [-0.25, -0.2) is 0 Å². The maximum Gasteiger partial charge on any atom is 0.269 e. The standard InChI is InChI=1S/C32H31N3O4S2/c36-30(23-40-22-25-16-18-29(19-17-25)35(38)39)33-20-21-34-31(37)24-41-32(26-10-4-1-5-11-26,27-12-6-2-7-13-27)28-14-8-3-9-15-28/h1-19H,20-24H2,(H,33,36)(H,34,37). The average molecular weight is 586 g/mol. The van der Waals surface area contributed by atoms with E-state index in [1.165, 1.54) is 23.9 Å². The fourth-order valence-electron chi connectivity index (χ4n) is 4.42. The van der Waals surface area contributed by atoms with Crippen LogP contribution in [0.2, 0.25) is 0 Å². The minimum absolute atomic E-state index is 0.0443.